The molecule has 0 aliphatic carbocycles. The number of aryl methyl sites for hydroxylation is 1. The van der Waals surface area contributed by atoms with Gasteiger partial charge in [0.2, 0.25) is 0 Å². The van der Waals surface area contributed by atoms with Crippen molar-refractivity contribution in [1.82, 2.24) is 14.9 Å². The van der Waals surface area contributed by atoms with Crippen LogP contribution < -0.4 is 5.32 Å². The zero-order valence-electron chi connectivity index (χ0n) is 11.1. The number of aromatic nitrogens is 2. The number of furan rings is 1. The van der Waals surface area contributed by atoms with E-state index in [4.69, 9.17) is 4.42 Å². The predicted octanol–water partition coefficient (Wildman–Crippen LogP) is 2.87. The molecule has 2 aromatic heterocycles. The maximum absolute atomic E-state index is 5.93. The van der Waals surface area contributed by atoms with Gasteiger partial charge in [-0.05, 0) is 18.7 Å². The number of para-hydroxylation sites is 1. The molecule has 0 saturated heterocycles. The highest BCUT2D eigenvalue weighted by molar-refractivity contribution is 5.77. The summed E-state index contributed by atoms with van der Waals surface area (Å²) in [6, 6.07) is 10.1. The molecule has 0 saturated carbocycles. The zero-order valence-corrected chi connectivity index (χ0v) is 11.1. The van der Waals surface area contributed by atoms with Crippen LogP contribution in [0.15, 0.2) is 47.3 Å². The minimum atomic E-state index is -0.00130. The standard InChI is InChI=1S/C15H17N3O/c1-3-16-15(12-9-18(2)10-17-12)14-8-11-6-4-5-7-13(11)19-14/h4-10,15-16H,3H2,1-2H3. The van der Waals surface area contributed by atoms with Gasteiger partial charge < -0.3 is 14.3 Å². The van der Waals surface area contributed by atoms with E-state index in [0.717, 1.165) is 29.0 Å². The van der Waals surface area contributed by atoms with E-state index in [9.17, 15) is 0 Å². The number of benzene rings is 1. The van der Waals surface area contributed by atoms with Gasteiger partial charge in [-0.3, -0.25) is 0 Å². The molecule has 19 heavy (non-hydrogen) atoms. The van der Waals surface area contributed by atoms with Gasteiger partial charge >= 0.3 is 0 Å². The first-order valence-electron chi connectivity index (χ1n) is 6.47. The van der Waals surface area contributed by atoms with E-state index in [0.29, 0.717) is 0 Å². The van der Waals surface area contributed by atoms with Crippen LogP contribution in [-0.2, 0) is 7.05 Å². The maximum Gasteiger partial charge on any atom is 0.134 e. The Morgan fingerprint density at radius 2 is 2.21 bits per heavy atom. The molecule has 2 heterocycles. The van der Waals surface area contributed by atoms with Crippen LogP contribution in [-0.4, -0.2) is 16.1 Å². The molecule has 98 valence electrons. The normalized spacial score (nSPS) is 12.9. The van der Waals surface area contributed by atoms with E-state index in [1.54, 1.807) is 0 Å². The third-order valence-corrected chi connectivity index (χ3v) is 3.16. The molecule has 0 radical (unpaired) electrons. The second-order valence-corrected chi connectivity index (χ2v) is 4.64. The number of rotatable bonds is 4. The fourth-order valence-electron chi connectivity index (χ4n) is 2.28. The van der Waals surface area contributed by atoms with E-state index in [1.807, 2.05) is 42.3 Å². The van der Waals surface area contributed by atoms with Crippen molar-refractivity contribution in [2.24, 2.45) is 7.05 Å². The molecule has 0 aliphatic rings. The van der Waals surface area contributed by atoms with Crippen molar-refractivity contribution in [3.63, 3.8) is 0 Å². The van der Waals surface area contributed by atoms with Crippen molar-refractivity contribution in [2.45, 2.75) is 13.0 Å². The van der Waals surface area contributed by atoms with E-state index in [1.165, 1.54) is 0 Å². The second kappa shape index (κ2) is 4.90. The highest BCUT2D eigenvalue weighted by atomic mass is 16.3. The first-order valence-corrected chi connectivity index (χ1v) is 6.47. The molecule has 4 nitrogen and oxygen atoms in total. The fourth-order valence-corrected chi connectivity index (χ4v) is 2.28. The van der Waals surface area contributed by atoms with Crippen molar-refractivity contribution < 1.29 is 4.42 Å². The molecule has 3 rings (SSSR count). The average Bonchev–Trinajstić information content (AvgIpc) is 3.01. The highest BCUT2D eigenvalue weighted by Gasteiger charge is 2.19. The minimum absolute atomic E-state index is 0.00130. The van der Waals surface area contributed by atoms with Crippen LogP contribution in [0, 0.1) is 0 Å². The number of nitrogens with one attached hydrogen (secondary N) is 1. The first kappa shape index (κ1) is 12.0. The summed E-state index contributed by atoms with van der Waals surface area (Å²) in [4.78, 5) is 4.42. The van der Waals surface area contributed by atoms with Crippen LogP contribution in [0.3, 0.4) is 0 Å². The summed E-state index contributed by atoms with van der Waals surface area (Å²) in [6.07, 6.45) is 3.82. The number of fused-ring (bicyclic) bond motifs is 1. The maximum atomic E-state index is 5.93. The first-order chi connectivity index (χ1) is 9.28. The number of nitrogens with zero attached hydrogens (tertiary/aromatic N) is 2. The molecule has 3 aromatic rings. The summed E-state index contributed by atoms with van der Waals surface area (Å²) in [7, 11) is 1.97. The van der Waals surface area contributed by atoms with Gasteiger partial charge in [-0.1, -0.05) is 25.1 Å². The van der Waals surface area contributed by atoms with E-state index in [-0.39, 0.29) is 6.04 Å². The van der Waals surface area contributed by atoms with Crippen molar-refractivity contribution in [3.8, 4) is 0 Å². The van der Waals surface area contributed by atoms with E-state index in [2.05, 4.69) is 29.4 Å². The lowest BCUT2D eigenvalue weighted by atomic mass is 10.1. The Labute approximate surface area is 112 Å². The lowest BCUT2D eigenvalue weighted by Gasteiger charge is -2.12. The molecule has 0 spiro atoms. The van der Waals surface area contributed by atoms with Crippen molar-refractivity contribution in [1.29, 1.82) is 0 Å². The molecule has 1 N–H and O–H groups in total. The highest BCUT2D eigenvalue weighted by Crippen LogP contribution is 2.27. The topological polar surface area (TPSA) is 43.0 Å². The summed E-state index contributed by atoms with van der Waals surface area (Å²) in [5, 5.41) is 4.54. The van der Waals surface area contributed by atoms with Crippen LogP contribution >= 0.6 is 0 Å². The Kier molecular flexibility index (Phi) is 3.09. The van der Waals surface area contributed by atoms with Crippen LogP contribution in [0.5, 0.6) is 0 Å². The van der Waals surface area contributed by atoms with Gasteiger partial charge in [0.1, 0.15) is 17.4 Å². The molecule has 1 unspecified atom stereocenters. The molecular weight excluding hydrogens is 238 g/mol. The van der Waals surface area contributed by atoms with Gasteiger partial charge in [0.05, 0.1) is 12.0 Å². The molecule has 1 aromatic carbocycles. The second-order valence-electron chi connectivity index (χ2n) is 4.64. The Bertz CT molecular complexity index is 650. The fraction of sp³-hybridized carbons (Fsp3) is 0.267. The zero-order chi connectivity index (χ0) is 13.2. The van der Waals surface area contributed by atoms with E-state index < -0.39 is 0 Å². The van der Waals surface area contributed by atoms with Gasteiger partial charge in [-0.2, -0.15) is 0 Å². The summed E-state index contributed by atoms with van der Waals surface area (Å²) in [5.74, 6) is 0.904. The lowest BCUT2D eigenvalue weighted by Crippen LogP contribution is -2.21. The summed E-state index contributed by atoms with van der Waals surface area (Å²) in [5.41, 5.74) is 1.89. The third kappa shape index (κ3) is 2.27. The number of imidazole rings is 1. The van der Waals surface area contributed by atoms with Gasteiger partial charge in [-0.25, -0.2) is 4.98 Å². The Morgan fingerprint density at radius 1 is 1.37 bits per heavy atom. The van der Waals surface area contributed by atoms with Crippen molar-refractivity contribution >= 4 is 11.0 Å². The van der Waals surface area contributed by atoms with Gasteiger partial charge in [0.15, 0.2) is 0 Å². The van der Waals surface area contributed by atoms with Crippen molar-refractivity contribution in [3.05, 3.63) is 54.3 Å². The van der Waals surface area contributed by atoms with Gasteiger partial charge in [0, 0.05) is 18.6 Å². The van der Waals surface area contributed by atoms with Crippen LogP contribution in [0.4, 0.5) is 0 Å². The number of hydrogen-bond donors (Lipinski definition) is 1. The third-order valence-electron chi connectivity index (χ3n) is 3.16. The molecule has 0 aliphatic heterocycles. The van der Waals surface area contributed by atoms with Crippen LogP contribution in [0.25, 0.3) is 11.0 Å². The molecular formula is C15H17N3O. The smallest absolute Gasteiger partial charge is 0.134 e. The number of hydrogen-bond acceptors (Lipinski definition) is 3. The summed E-state index contributed by atoms with van der Waals surface area (Å²) in [6.45, 7) is 2.94. The van der Waals surface area contributed by atoms with Crippen LogP contribution in [0.2, 0.25) is 0 Å². The van der Waals surface area contributed by atoms with Gasteiger partial charge in [-0.15, -0.1) is 0 Å². The Balaban J connectivity index is 2.03. The molecule has 0 bridgehead atoms. The largest absolute Gasteiger partial charge is 0.459 e. The summed E-state index contributed by atoms with van der Waals surface area (Å²) < 4.78 is 7.88. The Hall–Kier alpha value is -2.07. The Morgan fingerprint density at radius 3 is 2.89 bits per heavy atom. The average molecular weight is 255 g/mol. The van der Waals surface area contributed by atoms with Crippen molar-refractivity contribution in [2.75, 3.05) is 6.54 Å². The molecule has 4 heteroatoms. The summed E-state index contributed by atoms with van der Waals surface area (Å²) >= 11 is 0. The quantitative estimate of drug-likeness (QED) is 0.779. The predicted molar refractivity (Wildman–Crippen MR) is 74.9 cm³/mol. The van der Waals surface area contributed by atoms with Gasteiger partial charge in [0.25, 0.3) is 0 Å². The molecule has 0 amide bonds. The van der Waals surface area contributed by atoms with Crippen LogP contribution in [0.1, 0.15) is 24.4 Å². The molecule has 0 fully saturated rings. The van der Waals surface area contributed by atoms with E-state index >= 15 is 0 Å². The molecule has 1 atom stereocenters. The minimum Gasteiger partial charge on any atom is -0.459 e. The SMILES string of the molecule is CCNC(c1cn(C)cn1)c1cc2ccccc2o1. The monoisotopic (exact) mass is 255 g/mol. The lowest BCUT2D eigenvalue weighted by molar-refractivity contribution is 0.472.